The Morgan fingerprint density at radius 2 is 1.95 bits per heavy atom. The molecule has 0 spiro atoms. The maximum absolute atomic E-state index is 12.0. The minimum Gasteiger partial charge on any atom is -0.353 e. The number of hydrogen-bond acceptors (Lipinski definition) is 2. The lowest BCUT2D eigenvalue weighted by Gasteiger charge is -2.28. The number of hydrogen-bond donors (Lipinski definition) is 1. The summed E-state index contributed by atoms with van der Waals surface area (Å²) in [4.78, 5) is 14.5. The predicted molar refractivity (Wildman–Crippen MR) is 81.1 cm³/mol. The Morgan fingerprint density at radius 3 is 2.42 bits per heavy atom. The largest absolute Gasteiger partial charge is 0.353 e. The smallest absolute Gasteiger partial charge is 0.225 e. The van der Waals surface area contributed by atoms with Crippen molar-refractivity contribution in [2.24, 2.45) is 11.3 Å². The average molecular weight is 268 g/mol. The predicted octanol–water partition coefficient (Wildman–Crippen LogP) is 3.05. The lowest BCUT2D eigenvalue weighted by molar-refractivity contribution is -0.129. The van der Waals surface area contributed by atoms with Crippen LogP contribution in [0.25, 0.3) is 0 Å². The zero-order chi connectivity index (χ0) is 14.6. The molecular formula is C16H32N2O. The van der Waals surface area contributed by atoms with Crippen molar-refractivity contribution >= 4 is 5.91 Å². The van der Waals surface area contributed by atoms with Crippen LogP contribution in [0.4, 0.5) is 0 Å². The molecular weight excluding hydrogens is 236 g/mol. The van der Waals surface area contributed by atoms with Crippen LogP contribution in [0, 0.1) is 11.3 Å². The molecule has 1 fully saturated rings. The van der Waals surface area contributed by atoms with Crippen LogP contribution in [-0.2, 0) is 4.79 Å². The number of nitrogens with zero attached hydrogens (tertiary/aromatic N) is 1. The molecule has 0 aromatic rings. The quantitative estimate of drug-likeness (QED) is 0.831. The van der Waals surface area contributed by atoms with Gasteiger partial charge in [-0.3, -0.25) is 4.79 Å². The second-order valence-corrected chi connectivity index (χ2v) is 7.28. The molecule has 1 aliphatic rings. The summed E-state index contributed by atoms with van der Waals surface area (Å²) in [7, 11) is 0. The third-order valence-corrected chi connectivity index (χ3v) is 4.19. The van der Waals surface area contributed by atoms with Crippen molar-refractivity contribution in [1.82, 2.24) is 10.2 Å². The van der Waals surface area contributed by atoms with E-state index in [2.05, 4.69) is 31.0 Å². The molecule has 0 aromatic carbocycles. The number of carbonyl (C=O) groups excluding carboxylic acids is 1. The SMILES string of the molecule is CCN(C[C@H]1CC[C@H](NC(=O)C(C)(C)C)C1)C(C)C. The van der Waals surface area contributed by atoms with Crippen LogP contribution in [0.3, 0.4) is 0 Å². The standard InChI is InChI=1S/C16H32N2O/c1-7-18(12(2)3)11-13-8-9-14(10-13)17-15(19)16(4,5)6/h12-14H,7-11H2,1-6H3,(H,17,19)/t13-,14-/m0/s1. The minimum atomic E-state index is -0.272. The van der Waals surface area contributed by atoms with Gasteiger partial charge in [0.15, 0.2) is 0 Å². The summed E-state index contributed by atoms with van der Waals surface area (Å²) in [6, 6.07) is 1.01. The molecule has 0 saturated heterocycles. The Kier molecular flexibility index (Phi) is 5.84. The molecule has 3 heteroatoms. The summed E-state index contributed by atoms with van der Waals surface area (Å²) in [5, 5.41) is 3.21. The van der Waals surface area contributed by atoms with Gasteiger partial charge in [0.2, 0.25) is 5.91 Å². The fraction of sp³-hybridized carbons (Fsp3) is 0.938. The van der Waals surface area contributed by atoms with E-state index in [1.165, 1.54) is 13.0 Å². The van der Waals surface area contributed by atoms with Gasteiger partial charge in [-0.1, -0.05) is 27.7 Å². The summed E-state index contributed by atoms with van der Waals surface area (Å²) >= 11 is 0. The van der Waals surface area contributed by atoms with Crippen molar-refractivity contribution in [2.45, 2.75) is 72.9 Å². The van der Waals surface area contributed by atoms with Crippen LogP contribution < -0.4 is 5.32 Å². The minimum absolute atomic E-state index is 0.189. The maximum Gasteiger partial charge on any atom is 0.225 e. The van der Waals surface area contributed by atoms with E-state index in [0.717, 1.165) is 25.3 Å². The molecule has 2 atom stereocenters. The zero-order valence-electron chi connectivity index (χ0n) is 13.6. The summed E-state index contributed by atoms with van der Waals surface area (Å²) in [5.74, 6) is 0.932. The lowest BCUT2D eigenvalue weighted by Crippen LogP contribution is -2.41. The molecule has 19 heavy (non-hydrogen) atoms. The normalized spacial score (nSPS) is 24.2. The summed E-state index contributed by atoms with van der Waals surface area (Å²) < 4.78 is 0. The maximum atomic E-state index is 12.0. The molecule has 1 saturated carbocycles. The first kappa shape index (κ1) is 16.5. The van der Waals surface area contributed by atoms with Crippen LogP contribution in [-0.4, -0.2) is 36.0 Å². The van der Waals surface area contributed by atoms with Gasteiger partial charge in [0.1, 0.15) is 0 Å². The molecule has 0 aromatic heterocycles. The molecule has 1 aliphatic carbocycles. The van der Waals surface area contributed by atoms with E-state index >= 15 is 0 Å². The van der Waals surface area contributed by atoms with Crippen molar-refractivity contribution < 1.29 is 4.79 Å². The molecule has 0 aliphatic heterocycles. The molecule has 0 bridgehead atoms. The molecule has 112 valence electrons. The van der Waals surface area contributed by atoms with Gasteiger partial charge in [0.05, 0.1) is 0 Å². The third-order valence-electron chi connectivity index (χ3n) is 4.19. The first-order valence-corrected chi connectivity index (χ1v) is 7.79. The molecule has 0 radical (unpaired) electrons. The van der Waals surface area contributed by atoms with Crippen LogP contribution in [0.2, 0.25) is 0 Å². The van der Waals surface area contributed by atoms with Crippen molar-refractivity contribution in [1.29, 1.82) is 0 Å². The number of carbonyl (C=O) groups is 1. The first-order chi connectivity index (χ1) is 8.74. The van der Waals surface area contributed by atoms with E-state index in [9.17, 15) is 4.79 Å². The van der Waals surface area contributed by atoms with Gasteiger partial charge in [-0.05, 0) is 45.6 Å². The second-order valence-electron chi connectivity index (χ2n) is 7.28. The third kappa shape index (κ3) is 5.13. The highest BCUT2D eigenvalue weighted by molar-refractivity contribution is 5.81. The van der Waals surface area contributed by atoms with Gasteiger partial charge >= 0.3 is 0 Å². The monoisotopic (exact) mass is 268 g/mol. The number of amides is 1. The highest BCUT2D eigenvalue weighted by Crippen LogP contribution is 2.27. The Balaban J connectivity index is 2.40. The van der Waals surface area contributed by atoms with Crippen LogP contribution >= 0.6 is 0 Å². The molecule has 3 nitrogen and oxygen atoms in total. The highest BCUT2D eigenvalue weighted by atomic mass is 16.2. The first-order valence-electron chi connectivity index (χ1n) is 7.79. The fourth-order valence-electron chi connectivity index (χ4n) is 2.81. The van der Waals surface area contributed by atoms with E-state index in [-0.39, 0.29) is 11.3 Å². The molecule has 1 amide bonds. The van der Waals surface area contributed by atoms with Gasteiger partial charge in [-0.15, -0.1) is 0 Å². The van der Waals surface area contributed by atoms with E-state index in [0.29, 0.717) is 12.1 Å². The Bertz CT molecular complexity index is 294. The van der Waals surface area contributed by atoms with Crippen LogP contribution in [0.5, 0.6) is 0 Å². The van der Waals surface area contributed by atoms with E-state index in [1.54, 1.807) is 0 Å². The van der Waals surface area contributed by atoms with Gasteiger partial charge in [-0.2, -0.15) is 0 Å². The van der Waals surface area contributed by atoms with Crippen molar-refractivity contribution in [2.75, 3.05) is 13.1 Å². The van der Waals surface area contributed by atoms with Crippen molar-refractivity contribution in [3.63, 3.8) is 0 Å². The van der Waals surface area contributed by atoms with Crippen molar-refractivity contribution in [3.8, 4) is 0 Å². The Labute approximate surface area is 119 Å². The van der Waals surface area contributed by atoms with E-state index < -0.39 is 0 Å². The van der Waals surface area contributed by atoms with Gasteiger partial charge in [0, 0.05) is 24.0 Å². The van der Waals surface area contributed by atoms with Gasteiger partial charge in [0.25, 0.3) is 0 Å². The van der Waals surface area contributed by atoms with Gasteiger partial charge < -0.3 is 10.2 Å². The fourth-order valence-corrected chi connectivity index (χ4v) is 2.81. The topological polar surface area (TPSA) is 32.3 Å². The average Bonchev–Trinajstić information content (AvgIpc) is 2.71. The van der Waals surface area contributed by atoms with E-state index in [1.807, 2.05) is 20.8 Å². The number of rotatable bonds is 5. The van der Waals surface area contributed by atoms with Crippen LogP contribution in [0.15, 0.2) is 0 Å². The van der Waals surface area contributed by atoms with Crippen molar-refractivity contribution in [3.05, 3.63) is 0 Å². The summed E-state index contributed by atoms with van der Waals surface area (Å²) in [6.07, 6.45) is 3.53. The molecule has 0 unspecified atom stereocenters. The number of nitrogens with one attached hydrogen (secondary N) is 1. The summed E-state index contributed by atoms with van der Waals surface area (Å²) in [6.45, 7) is 15.0. The Hall–Kier alpha value is -0.570. The lowest BCUT2D eigenvalue weighted by atomic mass is 9.95. The Morgan fingerprint density at radius 1 is 1.32 bits per heavy atom. The van der Waals surface area contributed by atoms with Crippen LogP contribution in [0.1, 0.15) is 60.8 Å². The van der Waals surface area contributed by atoms with E-state index in [4.69, 9.17) is 0 Å². The highest BCUT2D eigenvalue weighted by Gasteiger charge is 2.30. The van der Waals surface area contributed by atoms with Gasteiger partial charge in [-0.25, -0.2) is 0 Å². The molecule has 1 rings (SSSR count). The second kappa shape index (κ2) is 6.74. The molecule has 0 heterocycles. The summed E-state index contributed by atoms with van der Waals surface area (Å²) in [5.41, 5.74) is -0.272. The zero-order valence-corrected chi connectivity index (χ0v) is 13.6. The molecule has 1 N–H and O–H groups in total.